The SMILES string of the molecule is Cc1cnc(CN=[N+]=[N-])cc1O. The van der Waals surface area contributed by atoms with Gasteiger partial charge in [0.25, 0.3) is 0 Å². The van der Waals surface area contributed by atoms with Gasteiger partial charge in [0, 0.05) is 28.4 Å². The normalized spacial score (nSPS) is 9.08. The van der Waals surface area contributed by atoms with Crippen molar-refractivity contribution in [3.8, 4) is 5.75 Å². The highest BCUT2D eigenvalue weighted by molar-refractivity contribution is 5.30. The zero-order chi connectivity index (χ0) is 8.97. The fraction of sp³-hybridized carbons (Fsp3) is 0.286. The van der Waals surface area contributed by atoms with Gasteiger partial charge in [-0.3, -0.25) is 4.98 Å². The monoisotopic (exact) mass is 164 g/mol. The fourth-order valence-corrected chi connectivity index (χ4v) is 0.745. The third-order valence-electron chi connectivity index (χ3n) is 1.43. The minimum absolute atomic E-state index is 0.171. The number of aryl methyl sites for hydroxylation is 1. The minimum atomic E-state index is 0.171. The average molecular weight is 164 g/mol. The van der Waals surface area contributed by atoms with Crippen LogP contribution in [-0.2, 0) is 6.54 Å². The van der Waals surface area contributed by atoms with Crippen LogP contribution in [0, 0.1) is 6.92 Å². The lowest BCUT2D eigenvalue weighted by Gasteiger charge is -1.98. The van der Waals surface area contributed by atoms with Crippen LogP contribution in [0.5, 0.6) is 5.75 Å². The second-order valence-corrected chi connectivity index (χ2v) is 2.35. The molecule has 0 amide bonds. The van der Waals surface area contributed by atoms with Gasteiger partial charge in [0.1, 0.15) is 5.75 Å². The summed E-state index contributed by atoms with van der Waals surface area (Å²) in [6, 6.07) is 1.49. The summed E-state index contributed by atoms with van der Waals surface area (Å²) in [5, 5.41) is 12.5. The highest BCUT2D eigenvalue weighted by atomic mass is 16.3. The van der Waals surface area contributed by atoms with Gasteiger partial charge in [0.05, 0.1) is 6.54 Å². The molecule has 0 bridgehead atoms. The summed E-state index contributed by atoms with van der Waals surface area (Å²) in [5.74, 6) is 0.174. The summed E-state index contributed by atoms with van der Waals surface area (Å²) in [6.07, 6.45) is 1.54. The summed E-state index contributed by atoms with van der Waals surface area (Å²) in [4.78, 5) is 6.54. The molecule has 0 aliphatic heterocycles. The summed E-state index contributed by atoms with van der Waals surface area (Å²) in [7, 11) is 0. The summed E-state index contributed by atoms with van der Waals surface area (Å²) in [6.45, 7) is 1.92. The Balaban J connectivity index is 2.89. The molecular formula is C7H8N4O. The molecule has 5 heteroatoms. The van der Waals surface area contributed by atoms with Gasteiger partial charge < -0.3 is 5.11 Å². The van der Waals surface area contributed by atoms with E-state index >= 15 is 0 Å². The molecule has 62 valence electrons. The number of hydrogen-bond acceptors (Lipinski definition) is 3. The second kappa shape index (κ2) is 3.59. The van der Waals surface area contributed by atoms with Gasteiger partial charge in [-0.05, 0) is 12.5 Å². The van der Waals surface area contributed by atoms with E-state index in [1.165, 1.54) is 12.3 Å². The maximum absolute atomic E-state index is 9.22. The van der Waals surface area contributed by atoms with E-state index in [0.717, 1.165) is 0 Å². The van der Waals surface area contributed by atoms with Crippen LogP contribution in [0.25, 0.3) is 10.4 Å². The van der Waals surface area contributed by atoms with Crippen LogP contribution in [0.1, 0.15) is 11.3 Å². The molecule has 0 radical (unpaired) electrons. The highest BCUT2D eigenvalue weighted by Crippen LogP contribution is 2.15. The Morgan fingerprint density at radius 3 is 3.08 bits per heavy atom. The van der Waals surface area contributed by atoms with Crippen molar-refractivity contribution in [1.82, 2.24) is 4.98 Å². The van der Waals surface area contributed by atoms with Gasteiger partial charge in [-0.15, -0.1) is 0 Å². The zero-order valence-electron chi connectivity index (χ0n) is 6.60. The maximum Gasteiger partial charge on any atom is 0.121 e. The molecule has 1 aromatic heterocycles. The molecule has 1 rings (SSSR count). The average Bonchev–Trinajstić information content (AvgIpc) is 2.07. The van der Waals surface area contributed by atoms with E-state index in [2.05, 4.69) is 15.0 Å². The molecule has 0 aliphatic rings. The number of rotatable bonds is 2. The first kappa shape index (κ1) is 8.36. The largest absolute Gasteiger partial charge is 0.508 e. The third kappa shape index (κ3) is 1.87. The molecule has 0 spiro atoms. The molecule has 12 heavy (non-hydrogen) atoms. The van der Waals surface area contributed by atoms with Gasteiger partial charge in [-0.25, -0.2) is 0 Å². The number of pyridine rings is 1. The zero-order valence-corrected chi connectivity index (χ0v) is 6.60. The van der Waals surface area contributed by atoms with Crippen molar-refractivity contribution in [3.05, 3.63) is 34.0 Å². The van der Waals surface area contributed by atoms with Gasteiger partial charge in [-0.2, -0.15) is 0 Å². The highest BCUT2D eigenvalue weighted by Gasteiger charge is 1.97. The molecule has 1 heterocycles. The standard InChI is InChI=1S/C7H8N4O/c1-5-3-9-6(2-7(5)12)4-10-11-8/h2-3H,4H2,1H3,(H,9,12). The Kier molecular flexibility index (Phi) is 2.50. The molecule has 0 aromatic carbocycles. The van der Waals surface area contributed by atoms with Gasteiger partial charge >= 0.3 is 0 Å². The molecule has 1 N–H and O–H groups in total. The van der Waals surface area contributed by atoms with E-state index in [4.69, 9.17) is 5.53 Å². The van der Waals surface area contributed by atoms with Crippen LogP contribution in [0.15, 0.2) is 17.4 Å². The number of nitrogens with zero attached hydrogens (tertiary/aromatic N) is 4. The van der Waals surface area contributed by atoms with Crippen LogP contribution >= 0.6 is 0 Å². The predicted molar refractivity (Wildman–Crippen MR) is 43.5 cm³/mol. The fourth-order valence-electron chi connectivity index (χ4n) is 0.745. The molecule has 0 saturated carbocycles. The van der Waals surface area contributed by atoms with Crippen LogP contribution < -0.4 is 0 Å². The van der Waals surface area contributed by atoms with Gasteiger partial charge in [0.2, 0.25) is 0 Å². The summed E-state index contributed by atoms with van der Waals surface area (Å²) < 4.78 is 0. The van der Waals surface area contributed by atoms with Crippen molar-refractivity contribution in [1.29, 1.82) is 0 Å². The number of aromatic nitrogens is 1. The molecule has 0 fully saturated rings. The Bertz CT molecular complexity index is 330. The van der Waals surface area contributed by atoms with Crippen molar-refractivity contribution < 1.29 is 5.11 Å². The Labute approximate surface area is 69.3 Å². The Morgan fingerprint density at radius 2 is 2.50 bits per heavy atom. The van der Waals surface area contributed by atoms with Crippen LogP contribution in [-0.4, -0.2) is 10.1 Å². The third-order valence-corrected chi connectivity index (χ3v) is 1.43. The minimum Gasteiger partial charge on any atom is -0.508 e. The van der Waals surface area contributed by atoms with Gasteiger partial charge in [0.15, 0.2) is 0 Å². The van der Waals surface area contributed by atoms with E-state index < -0.39 is 0 Å². The van der Waals surface area contributed by atoms with E-state index in [9.17, 15) is 5.11 Å². The van der Waals surface area contributed by atoms with Crippen LogP contribution in [0.3, 0.4) is 0 Å². The topological polar surface area (TPSA) is 81.9 Å². The van der Waals surface area contributed by atoms with Crippen molar-refractivity contribution in [2.75, 3.05) is 0 Å². The molecular weight excluding hydrogens is 156 g/mol. The lowest BCUT2D eigenvalue weighted by molar-refractivity contribution is 0.469. The lowest BCUT2D eigenvalue weighted by atomic mass is 10.2. The van der Waals surface area contributed by atoms with Crippen molar-refractivity contribution in [2.45, 2.75) is 13.5 Å². The molecule has 0 unspecified atom stereocenters. The summed E-state index contributed by atoms with van der Waals surface area (Å²) >= 11 is 0. The van der Waals surface area contributed by atoms with Crippen LogP contribution in [0.4, 0.5) is 0 Å². The summed E-state index contributed by atoms with van der Waals surface area (Å²) in [5.41, 5.74) is 9.29. The van der Waals surface area contributed by atoms with Crippen molar-refractivity contribution >= 4 is 0 Å². The van der Waals surface area contributed by atoms with E-state index in [1.54, 1.807) is 6.92 Å². The first-order valence-corrected chi connectivity index (χ1v) is 3.39. The molecule has 0 saturated heterocycles. The number of aromatic hydroxyl groups is 1. The first-order valence-electron chi connectivity index (χ1n) is 3.39. The quantitative estimate of drug-likeness (QED) is 0.411. The maximum atomic E-state index is 9.22. The Hall–Kier alpha value is -1.74. The Morgan fingerprint density at radius 1 is 1.75 bits per heavy atom. The molecule has 0 aliphatic carbocycles. The smallest absolute Gasteiger partial charge is 0.121 e. The molecule has 5 nitrogen and oxygen atoms in total. The van der Waals surface area contributed by atoms with E-state index in [1.807, 2.05) is 0 Å². The van der Waals surface area contributed by atoms with Crippen molar-refractivity contribution in [2.24, 2.45) is 5.11 Å². The molecule has 0 atom stereocenters. The first-order chi connectivity index (χ1) is 5.74. The van der Waals surface area contributed by atoms with Gasteiger partial charge in [-0.1, -0.05) is 5.11 Å². The second-order valence-electron chi connectivity index (χ2n) is 2.35. The molecule has 1 aromatic rings. The van der Waals surface area contributed by atoms with E-state index in [0.29, 0.717) is 11.3 Å². The number of azide groups is 1. The lowest BCUT2D eigenvalue weighted by Crippen LogP contribution is -1.87. The predicted octanol–water partition coefficient (Wildman–Crippen LogP) is 1.91. The number of hydrogen-bond donors (Lipinski definition) is 1. The van der Waals surface area contributed by atoms with Crippen LogP contribution in [0.2, 0.25) is 0 Å². The van der Waals surface area contributed by atoms with E-state index in [-0.39, 0.29) is 12.3 Å². The van der Waals surface area contributed by atoms with Crippen molar-refractivity contribution in [3.63, 3.8) is 0 Å².